The quantitative estimate of drug-likeness (QED) is 0.789. The first kappa shape index (κ1) is 11.0. The van der Waals surface area contributed by atoms with Crippen LogP contribution >= 0.6 is 0 Å². The minimum atomic E-state index is -0.107. The average Bonchev–Trinajstić information content (AvgIpc) is 2.59. The molecule has 1 atom stereocenters. The molecule has 0 aliphatic carbocycles. The van der Waals surface area contributed by atoms with E-state index < -0.39 is 0 Å². The lowest BCUT2D eigenvalue weighted by molar-refractivity contribution is -0.128. The number of hydrogen-bond donors (Lipinski definition) is 2. The summed E-state index contributed by atoms with van der Waals surface area (Å²) in [6, 6.07) is 7.06. The largest absolute Gasteiger partial charge is 0.508 e. The van der Waals surface area contributed by atoms with Crippen LogP contribution in [0.25, 0.3) is 0 Å². The third-order valence-electron chi connectivity index (χ3n) is 2.96. The summed E-state index contributed by atoms with van der Waals surface area (Å²) in [6.07, 6.45) is 0.836. The van der Waals surface area contributed by atoms with Crippen molar-refractivity contribution in [3.05, 3.63) is 29.8 Å². The number of carbonyl (C=O) groups excluding carboxylic acids is 1. The summed E-state index contributed by atoms with van der Waals surface area (Å²) in [5.41, 5.74) is 0.824. The van der Waals surface area contributed by atoms with E-state index in [-0.39, 0.29) is 17.7 Å². The number of para-hydroxylation sites is 1. The first-order chi connectivity index (χ1) is 7.68. The van der Waals surface area contributed by atoms with Crippen molar-refractivity contribution in [3.63, 3.8) is 0 Å². The summed E-state index contributed by atoms with van der Waals surface area (Å²) in [6.45, 7) is 1.33. The number of amides is 1. The Morgan fingerprint density at radius 1 is 1.50 bits per heavy atom. The maximum atomic E-state index is 11.6. The van der Waals surface area contributed by atoms with Gasteiger partial charge in [0.1, 0.15) is 5.75 Å². The summed E-state index contributed by atoms with van der Waals surface area (Å²) in [5.74, 6) is 0.407. The summed E-state index contributed by atoms with van der Waals surface area (Å²) in [7, 11) is 1.81. The molecule has 86 valence electrons. The number of phenolic OH excluding ortho intramolecular Hbond substituents is 1. The second-order valence-electron chi connectivity index (χ2n) is 4.11. The van der Waals surface area contributed by atoms with E-state index in [0.717, 1.165) is 18.5 Å². The van der Waals surface area contributed by atoms with Crippen molar-refractivity contribution in [3.8, 4) is 5.75 Å². The van der Waals surface area contributed by atoms with Gasteiger partial charge in [-0.1, -0.05) is 18.2 Å². The SMILES string of the molecule is CN1CCC(NCc2ccccc2O)C1=O. The van der Waals surface area contributed by atoms with Crippen LogP contribution in [0.1, 0.15) is 12.0 Å². The van der Waals surface area contributed by atoms with E-state index in [1.165, 1.54) is 0 Å². The summed E-state index contributed by atoms with van der Waals surface area (Å²) >= 11 is 0. The van der Waals surface area contributed by atoms with Crippen LogP contribution in [-0.4, -0.2) is 35.5 Å². The van der Waals surface area contributed by atoms with Crippen LogP contribution in [0.2, 0.25) is 0 Å². The molecule has 4 nitrogen and oxygen atoms in total. The number of nitrogens with one attached hydrogen (secondary N) is 1. The minimum absolute atomic E-state index is 0.107. The number of nitrogens with zero attached hydrogens (tertiary/aromatic N) is 1. The summed E-state index contributed by atoms with van der Waals surface area (Å²) < 4.78 is 0. The van der Waals surface area contributed by atoms with Crippen LogP contribution in [0.5, 0.6) is 5.75 Å². The van der Waals surface area contributed by atoms with Gasteiger partial charge < -0.3 is 15.3 Å². The molecular weight excluding hydrogens is 204 g/mol. The maximum Gasteiger partial charge on any atom is 0.239 e. The Kier molecular flexibility index (Phi) is 3.10. The van der Waals surface area contributed by atoms with Gasteiger partial charge in [-0.05, 0) is 12.5 Å². The Morgan fingerprint density at radius 2 is 2.25 bits per heavy atom. The summed E-state index contributed by atoms with van der Waals surface area (Å²) in [4.78, 5) is 13.3. The van der Waals surface area contributed by atoms with Crippen molar-refractivity contribution in [1.82, 2.24) is 10.2 Å². The van der Waals surface area contributed by atoms with Crippen molar-refractivity contribution in [2.45, 2.75) is 19.0 Å². The molecule has 0 bridgehead atoms. The van der Waals surface area contributed by atoms with Gasteiger partial charge in [-0.25, -0.2) is 0 Å². The van der Waals surface area contributed by atoms with Crippen LogP contribution in [0.4, 0.5) is 0 Å². The molecule has 0 spiro atoms. The number of phenols is 1. The monoisotopic (exact) mass is 220 g/mol. The highest BCUT2D eigenvalue weighted by Crippen LogP contribution is 2.16. The Bertz CT molecular complexity index is 392. The highest BCUT2D eigenvalue weighted by Gasteiger charge is 2.28. The molecule has 0 aromatic heterocycles. The molecule has 1 heterocycles. The lowest BCUT2D eigenvalue weighted by Gasteiger charge is -2.12. The molecule has 1 aromatic carbocycles. The fourth-order valence-corrected chi connectivity index (χ4v) is 1.91. The van der Waals surface area contributed by atoms with Crippen LogP contribution in [0.15, 0.2) is 24.3 Å². The molecule has 2 N–H and O–H groups in total. The zero-order chi connectivity index (χ0) is 11.5. The van der Waals surface area contributed by atoms with Crippen LogP contribution in [0, 0.1) is 0 Å². The maximum absolute atomic E-state index is 11.6. The first-order valence-electron chi connectivity index (χ1n) is 5.43. The van der Waals surface area contributed by atoms with Crippen LogP contribution in [0.3, 0.4) is 0 Å². The highest BCUT2D eigenvalue weighted by atomic mass is 16.3. The summed E-state index contributed by atoms with van der Waals surface area (Å²) in [5, 5.41) is 12.7. The first-order valence-corrected chi connectivity index (χ1v) is 5.43. The predicted octanol–water partition coefficient (Wildman–Crippen LogP) is 0.712. The van der Waals surface area contributed by atoms with Gasteiger partial charge in [0.25, 0.3) is 0 Å². The van der Waals surface area contributed by atoms with Gasteiger partial charge in [0.2, 0.25) is 5.91 Å². The van der Waals surface area contributed by atoms with Gasteiger partial charge in [-0.2, -0.15) is 0 Å². The van der Waals surface area contributed by atoms with E-state index in [0.29, 0.717) is 6.54 Å². The second kappa shape index (κ2) is 4.53. The Balaban J connectivity index is 1.93. The number of hydrogen-bond acceptors (Lipinski definition) is 3. The van der Waals surface area contributed by atoms with Crippen molar-refractivity contribution < 1.29 is 9.90 Å². The molecule has 4 heteroatoms. The second-order valence-corrected chi connectivity index (χ2v) is 4.11. The molecule has 1 fully saturated rings. The van der Waals surface area contributed by atoms with Gasteiger partial charge in [0.15, 0.2) is 0 Å². The molecule has 16 heavy (non-hydrogen) atoms. The number of carbonyl (C=O) groups is 1. The number of likely N-dealkylation sites (N-methyl/N-ethyl adjacent to an activating group) is 1. The molecule has 1 aliphatic rings. The van der Waals surface area contributed by atoms with E-state index in [4.69, 9.17) is 0 Å². The number of aromatic hydroxyl groups is 1. The Morgan fingerprint density at radius 3 is 2.88 bits per heavy atom. The van der Waals surface area contributed by atoms with Gasteiger partial charge >= 0.3 is 0 Å². The van der Waals surface area contributed by atoms with Gasteiger partial charge in [0, 0.05) is 25.7 Å². The molecule has 1 aliphatic heterocycles. The molecule has 1 saturated heterocycles. The smallest absolute Gasteiger partial charge is 0.239 e. The Hall–Kier alpha value is -1.55. The minimum Gasteiger partial charge on any atom is -0.508 e. The normalized spacial score (nSPS) is 20.4. The zero-order valence-corrected chi connectivity index (χ0v) is 9.31. The van der Waals surface area contributed by atoms with Gasteiger partial charge in [0.05, 0.1) is 6.04 Å². The Labute approximate surface area is 94.9 Å². The topological polar surface area (TPSA) is 52.6 Å². The lowest BCUT2D eigenvalue weighted by Crippen LogP contribution is -2.36. The lowest BCUT2D eigenvalue weighted by atomic mass is 10.2. The predicted molar refractivity (Wildman–Crippen MR) is 61.0 cm³/mol. The average molecular weight is 220 g/mol. The van der Waals surface area contributed by atoms with E-state index in [2.05, 4.69) is 5.32 Å². The van der Waals surface area contributed by atoms with E-state index in [9.17, 15) is 9.90 Å². The van der Waals surface area contributed by atoms with E-state index in [1.807, 2.05) is 19.2 Å². The van der Waals surface area contributed by atoms with Gasteiger partial charge in [-0.15, -0.1) is 0 Å². The van der Waals surface area contributed by atoms with Crippen molar-refractivity contribution in [2.24, 2.45) is 0 Å². The van der Waals surface area contributed by atoms with Crippen LogP contribution < -0.4 is 5.32 Å². The highest BCUT2D eigenvalue weighted by molar-refractivity contribution is 5.83. The third-order valence-corrected chi connectivity index (χ3v) is 2.96. The molecule has 1 unspecified atom stereocenters. The van der Waals surface area contributed by atoms with Crippen molar-refractivity contribution >= 4 is 5.91 Å². The molecule has 0 saturated carbocycles. The molecular formula is C12H16N2O2. The number of likely N-dealkylation sites (tertiary alicyclic amines) is 1. The number of benzene rings is 1. The standard InChI is InChI=1S/C12H16N2O2/c1-14-7-6-10(12(14)16)13-8-9-4-2-3-5-11(9)15/h2-5,10,13,15H,6-8H2,1H3. The zero-order valence-electron chi connectivity index (χ0n) is 9.31. The van der Waals surface area contributed by atoms with Crippen molar-refractivity contribution in [1.29, 1.82) is 0 Å². The molecule has 0 radical (unpaired) electrons. The number of rotatable bonds is 3. The van der Waals surface area contributed by atoms with E-state index >= 15 is 0 Å². The molecule has 1 aromatic rings. The fourth-order valence-electron chi connectivity index (χ4n) is 1.91. The van der Waals surface area contributed by atoms with Gasteiger partial charge in [-0.3, -0.25) is 4.79 Å². The van der Waals surface area contributed by atoms with E-state index in [1.54, 1.807) is 17.0 Å². The molecule has 2 rings (SSSR count). The van der Waals surface area contributed by atoms with Crippen LogP contribution in [-0.2, 0) is 11.3 Å². The van der Waals surface area contributed by atoms with Crippen molar-refractivity contribution in [2.75, 3.05) is 13.6 Å². The fraction of sp³-hybridized carbons (Fsp3) is 0.417. The third kappa shape index (κ3) is 2.17. The molecule has 1 amide bonds.